The first-order valence-electron chi connectivity index (χ1n) is 11.8. The number of carbonyl (C=O) groups excluding carboxylic acids is 2. The lowest BCUT2D eigenvalue weighted by atomic mass is 9.98. The molecule has 0 spiro atoms. The summed E-state index contributed by atoms with van der Waals surface area (Å²) in [5.74, 6) is -1.62. The lowest BCUT2D eigenvalue weighted by molar-refractivity contribution is -0.141. The second-order valence-corrected chi connectivity index (χ2v) is 9.21. The number of nitrogens with one attached hydrogen (secondary N) is 2. The molecule has 1 saturated heterocycles. The summed E-state index contributed by atoms with van der Waals surface area (Å²) in [7, 11) is 0. The van der Waals surface area contributed by atoms with Gasteiger partial charge in [-0.25, -0.2) is 4.79 Å². The minimum Gasteiger partial charge on any atom is -0.481 e. The van der Waals surface area contributed by atoms with Gasteiger partial charge in [0, 0.05) is 18.6 Å². The van der Waals surface area contributed by atoms with E-state index in [1.165, 1.54) is 0 Å². The van der Waals surface area contributed by atoms with Crippen molar-refractivity contribution in [3.8, 4) is 11.1 Å². The van der Waals surface area contributed by atoms with Crippen molar-refractivity contribution in [2.75, 3.05) is 13.2 Å². The lowest BCUT2D eigenvalue weighted by Gasteiger charge is -2.22. The summed E-state index contributed by atoms with van der Waals surface area (Å²) in [4.78, 5) is 36.5. The van der Waals surface area contributed by atoms with E-state index in [1.807, 2.05) is 24.3 Å². The van der Waals surface area contributed by atoms with Crippen LogP contribution < -0.4 is 10.6 Å². The van der Waals surface area contributed by atoms with E-state index in [0.29, 0.717) is 32.3 Å². The fourth-order valence-electron chi connectivity index (χ4n) is 5.41. The molecule has 4 atom stereocenters. The Kier molecular flexibility index (Phi) is 6.24. The van der Waals surface area contributed by atoms with Gasteiger partial charge in [0.2, 0.25) is 0 Å². The number of carboxylic acid groups (broad SMARTS) is 1. The standard InChI is InChI=1S/C26H28N2O6/c29-24(27-16-10-9-15(13-16)25(30)31)23-22(11-12-33-23)28-26(32)34-14-21-19-7-3-1-5-17(19)18-6-2-4-8-20(18)21/h1-8,15-16,21-23H,9-14H2,(H,27,29)(H,28,32)(H,30,31)/t15-,16+,22+,23-/m0/s1. The van der Waals surface area contributed by atoms with Crippen LogP contribution in [0, 0.1) is 5.92 Å². The molecule has 3 N–H and O–H groups in total. The van der Waals surface area contributed by atoms with Gasteiger partial charge in [0.05, 0.1) is 12.0 Å². The Hall–Kier alpha value is -3.39. The number of benzene rings is 2. The summed E-state index contributed by atoms with van der Waals surface area (Å²) in [6.45, 7) is 0.553. The summed E-state index contributed by atoms with van der Waals surface area (Å²) in [5.41, 5.74) is 4.58. The summed E-state index contributed by atoms with van der Waals surface area (Å²) < 4.78 is 11.2. The minimum atomic E-state index is -0.830. The molecule has 0 bridgehead atoms. The fourth-order valence-corrected chi connectivity index (χ4v) is 5.41. The van der Waals surface area contributed by atoms with Crippen LogP contribution in [0.1, 0.15) is 42.7 Å². The number of alkyl carbamates (subject to hydrolysis) is 1. The van der Waals surface area contributed by atoms with Crippen molar-refractivity contribution in [3.05, 3.63) is 59.7 Å². The smallest absolute Gasteiger partial charge is 0.407 e. The maximum absolute atomic E-state index is 12.7. The van der Waals surface area contributed by atoms with E-state index < -0.39 is 30.1 Å². The van der Waals surface area contributed by atoms with Crippen molar-refractivity contribution >= 4 is 18.0 Å². The van der Waals surface area contributed by atoms with Crippen molar-refractivity contribution in [2.45, 2.75) is 49.8 Å². The number of amides is 2. The average molecular weight is 465 g/mol. The Bertz CT molecular complexity index is 1060. The molecule has 1 heterocycles. The molecule has 2 aromatic rings. The van der Waals surface area contributed by atoms with Crippen molar-refractivity contribution < 1.29 is 29.0 Å². The number of carboxylic acids is 1. The first kappa shape index (κ1) is 22.4. The van der Waals surface area contributed by atoms with E-state index in [-0.39, 0.29) is 24.5 Å². The second-order valence-electron chi connectivity index (χ2n) is 9.21. The van der Waals surface area contributed by atoms with Crippen LogP contribution in [-0.2, 0) is 19.1 Å². The highest BCUT2D eigenvalue weighted by Gasteiger charge is 2.38. The molecule has 2 fully saturated rings. The van der Waals surface area contributed by atoms with E-state index >= 15 is 0 Å². The molecule has 2 aromatic carbocycles. The van der Waals surface area contributed by atoms with E-state index in [1.54, 1.807) is 0 Å². The van der Waals surface area contributed by atoms with E-state index in [9.17, 15) is 14.4 Å². The Balaban J connectivity index is 1.17. The van der Waals surface area contributed by atoms with Crippen LogP contribution in [0.2, 0.25) is 0 Å². The second kappa shape index (κ2) is 9.46. The largest absolute Gasteiger partial charge is 0.481 e. The number of aliphatic carboxylic acids is 1. The Labute approximate surface area is 197 Å². The molecule has 3 aliphatic rings. The van der Waals surface area contributed by atoms with Gasteiger partial charge >= 0.3 is 12.1 Å². The van der Waals surface area contributed by atoms with Gasteiger partial charge in [-0.3, -0.25) is 9.59 Å². The van der Waals surface area contributed by atoms with Gasteiger partial charge in [0.15, 0.2) is 6.10 Å². The average Bonchev–Trinajstić information content (AvgIpc) is 3.56. The number of fused-ring (bicyclic) bond motifs is 3. The number of carbonyl (C=O) groups is 3. The van der Waals surface area contributed by atoms with Gasteiger partial charge in [-0.1, -0.05) is 48.5 Å². The summed E-state index contributed by atoms with van der Waals surface area (Å²) in [6.07, 6.45) is 0.696. The Morgan fingerprint density at radius 3 is 2.26 bits per heavy atom. The van der Waals surface area contributed by atoms with Crippen molar-refractivity contribution in [1.29, 1.82) is 0 Å². The zero-order chi connectivity index (χ0) is 23.7. The van der Waals surface area contributed by atoms with Crippen molar-refractivity contribution in [3.63, 3.8) is 0 Å². The molecule has 2 aliphatic carbocycles. The molecular formula is C26H28N2O6. The summed E-state index contributed by atoms with van der Waals surface area (Å²) in [6, 6.07) is 15.6. The van der Waals surface area contributed by atoms with Crippen LogP contribution in [0.15, 0.2) is 48.5 Å². The molecule has 178 valence electrons. The van der Waals surface area contributed by atoms with Crippen LogP contribution in [-0.4, -0.2) is 54.5 Å². The molecular weight excluding hydrogens is 436 g/mol. The monoisotopic (exact) mass is 464 g/mol. The molecule has 8 heteroatoms. The molecule has 0 aromatic heterocycles. The first-order valence-corrected chi connectivity index (χ1v) is 11.8. The topological polar surface area (TPSA) is 114 Å². The molecule has 1 saturated carbocycles. The maximum atomic E-state index is 12.7. The molecule has 8 nitrogen and oxygen atoms in total. The van der Waals surface area contributed by atoms with Gasteiger partial charge in [0.25, 0.3) is 5.91 Å². The molecule has 2 amide bonds. The maximum Gasteiger partial charge on any atom is 0.407 e. The van der Waals surface area contributed by atoms with Gasteiger partial charge in [-0.2, -0.15) is 0 Å². The van der Waals surface area contributed by atoms with Crippen LogP contribution >= 0.6 is 0 Å². The van der Waals surface area contributed by atoms with E-state index in [0.717, 1.165) is 22.3 Å². The normalized spacial score (nSPS) is 25.4. The molecule has 0 unspecified atom stereocenters. The SMILES string of the molecule is O=C(N[C@@H]1CCO[C@@H]1C(=O)N[C@@H]1CC[C@H](C(=O)O)C1)OCC1c2ccccc2-c2ccccc21. The number of hydrogen-bond acceptors (Lipinski definition) is 5. The highest BCUT2D eigenvalue weighted by Crippen LogP contribution is 2.44. The first-order chi connectivity index (χ1) is 16.5. The van der Waals surface area contributed by atoms with Gasteiger partial charge in [-0.15, -0.1) is 0 Å². The predicted molar refractivity (Wildman–Crippen MR) is 123 cm³/mol. The quantitative estimate of drug-likeness (QED) is 0.606. The number of ether oxygens (including phenoxy) is 2. The minimum absolute atomic E-state index is 0.0402. The zero-order valence-electron chi connectivity index (χ0n) is 18.7. The van der Waals surface area contributed by atoms with Gasteiger partial charge in [0.1, 0.15) is 6.61 Å². The molecule has 5 rings (SSSR count). The van der Waals surface area contributed by atoms with Crippen molar-refractivity contribution in [2.24, 2.45) is 5.92 Å². The van der Waals surface area contributed by atoms with Crippen molar-refractivity contribution in [1.82, 2.24) is 10.6 Å². The zero-order valence-corrected chi connectivity index (χ0v) is 18.7. The van der Waals surface area contributed by atoms with E-state index in [2.05, 4.69) is 34.9 Å². The van der Waals surface area contributed by atoms with Crippen LogP contribution in [0.25, 0.3) is 11.1 Å². The third-order valence-electron chi connectivity index (χ3n) is 7.13. The molecule has 0 radical (unpaired) electrons. The van der Waals surface area contributed by atoms with Crippen LogP contribution in [0.3, 0.4) is 0 Å². The van der Waals surface area contributed by atoms with Crippen LogP contribution in [0.5, 0.6) is 0 Å². The number of rotatable bonds is 6. The molecule has 1 aliphatic heterocycles. The third-order valence-corrected chi connectivity index (χ3v) is 7.13. The molecule has 34 heavy (non-hydrogen) atoms. The van der Waals surface area contributed by atoms with Crippen LogP contribution in [0.4, 0.5) is 4.79 Å². The lowest BCUT2D eigenvalue weighted by Crippen LogP contribution is -2.50. The van der Waals surface area contributed by atoms with E-state index in [4.69, 9.17) is 14.6 Å². The third kappa shape index (κ3) is 4.37. The highest BCUT2D eigenvalue weighted by atomic mass is 16.6. The highest BCUT2D eigenvalue weighted by molar-refractivity contribution is 5.83. The predicted octanol–water partition coefficient (Wildman–Crippen LogP) is 3.05. The number of hydrogen-bond donors (Lipinski definition) is 3. The van der Waals surface area contributed by atoms with Gasteiger partial charge < -0.3 is 25.2 Å². The summed E-state index contributed by atoms with van der Waals surface area (Å²) in [5, 5.41) is 14.8. The van der Waals surface area contributed by atoms with Gasteiger partial charge in [-0.05, 0) is 47.9 Å². The fraction of sp³-hybridized carbons (Fsp3) is 0.423. The Morgan fingerprint density at radius 1 is 0.941 bits per heavy atom. The Morgan fingerprint density at radius 2 is 1.62 bits per heavy atom. The summed E-state index contributed by atoms with van der Waals surface area (Å²) >= 11 is 0.